The molecule has 0 aromatic heterocycles. The van der Waals surface area contributed by atoms with E-state index in [-0.39, 0.29) is 11.3 Å². The minimum Gasteiger partial charge on any atom is -0.368 e. The third kappa shape index (κ3) is 4.61. The lowest BCUT2D eigenvalue weighted by Crippen LogP contribution is -2.45. The zero-order valence-electron chi connectivity index (χ0n) is 20.2. The molecule has 36 heavy (non-hydrogen) atoms. The highest BCUT2D eigenvalue weighted by Gasteiger charge is 2.34. The lowest BCUT2D eigenvalue weighted by molar-refractivity contribution is -0.137. The van der Waals surface area contributed by atoms with Gasteiger partial charge in [0.05, 0.1) is 5.56 Å². The summed E-state index contributed by atoms with van der Waals surface area (Å²) in [5.41, 5.74) is 1.97. The number of nitrogens with zero attached hydrogens (tertiary/aromatic N) is 1. The summed E-state index contributed by atoms with van der Waals surface area (Å²) in [4.78, 5) is 2.50. The number of alkyl halides is 3. The molecule has 1 heterocycles. The molecule has 1 aliphatic carbocycles. The van der Waals surface area contributed by atoms with Crippen molar-refractivity contribution in [2.75, 3.05) is 11.9 Å². The van der Waals surface area contributed by atoms with E-state index in [9.17, 15) is 17.6 Å². The van der Waals surface area contributed by atoms with Crippen LogP contribution in [0, 0.1) is 11.7 Å². The van der Waals surface area contributed by atoms with Crippen molar-refractivity contribution in [2.24, 2.45) is 5.92 Å². The van der Waals surface area contributed by atoms with Crippen LogP contribution in [0.3, 0.4) is 0 Å². The topological polar surface area (TPSA) is 15.3 Å². The molecule has 0 spiro atoms. The van der Waals surface area contributed by atoms with Crippen LogP contribution in [-0.4, -0.2) is 17.5 Å². The van der Waals surface area contributed by atoms with E-state index in [2.05, 4.69) is 23.4 Å². The average Bonchev–Trinajstić information content (AvgIpc) is 2.87. The van der Waals surface area contributed by atoms with Crippen molar-refractivity contribution in [1.82, 2.24) is 4.90 Å². The smallest absolute Gasteiger partial charge is 0.368 e. The minimum absolute atomic E-state index is 0.00257. The van der Waals surface area contributed by atoms with Gasteiger partial charge in [0.25, 0.3) is 0 Å². The number of anilines is 1. The molecule has 1 saturated heterocycles. The van der Waals surface area contributed by atoms with Gasteiger partial charge < -0.3 is 10.2 Å². The molecule has 6 heteroatoms. The maximum absolute atomic E-state index is 14.5. The van der Waals surface area contributed by atoms with Crippen LogP contribution in [0.2, 0.25) is 0 Å². The van der Waals surface area contributed by atoms with Gasteiger partial charge in [-0.1, -0.05) is 56.3 Å². The first-order valence-corrected chi connectivity index (χ1v) is 12.5. The summed E-state index contributed by atoms with van der Waals surface area (Å²) in [6.45, 7) is 9.42. The first-order valence-electron chi connectivity index (χ1n) is 12.5. The summed E-state index contributed by atoms with van der Waals surface area (Å²) >= 11 is 0. The van der Waals surface area contributed by atoms with Crippen LogP contribution in [0.4, 0.5) is 23.2 Å². The normalized spacial score (nSPS) is 20.2. The molecule has 5 rings (SSSR count). The summed E-state index contributed by atoms with van der Waals surface area (Å²) in [7, 11) is 0. The molecule has 2 fully saturated rings. The van der Waals surface area contributed by atoms with Gasteiger partial charge in [-0.05, 0) is 61.3 Å². The molecule has 2 aliphatic rings. The van der Waals surface area contributed by atoms with Gasteiger partial charge in [-0.2, -0.15) is 13.2 Å². The van der Waals surface area contributed by atoms with Crippen LogP contribution in [0.25, 0.3) is 22.2 Å². The quantitative estimate of drug-likeness (QED) is 0.357. The van der Waals surface area contributed by atoms with E-state index in [4.69, 9.17) is 0 Å². The van der Waals surface area contributed by atoms with Crippen molar-refractivity contribution in [1.29, 1.82) is 0 Å². The fourth-order valence-electron chi connectivity index (χ4n) is 5.94. The fourth-order valence-corrected chi connectivity index (χ4v) is 5.94. The third-order valence-corrected chi connectivity index (χ3v) is 7.73. The van der Waals surface area contributed by atoms with Gasteiger partial charge in [-0.3, -0.25) is 0 Å². The SMILES string of the molecule is C=C(Nc1ccc(C(=C)N2CCCC3CCCCC32)c2ccccc12)c1ccc(C(F)(F)F)cc1F. The Morgan fingerprint density at radius 1 is 0.861 bits per heavy atom. The van der Waals surface area contributed by atoms with Crippen molar-refractivity contribution in [2.45, 2.75) is 50.7 Å². The standard InChI is InChI=1S/C30H30F4N2/c1-19(23-14-13-22(18-27(23)31)30(32,33)34)35-28-16-15-24(25-10-4-5-11-26(25)28)20(2)36-17-7-9-21-8-3-6-12-29(21)36/h4-5,10-11,13-16,18,21,29,35H,1-3,6-9,12,17H2. The van der Waals surface area contributed by atoms with Crippen LogP contribution in [0.15, 0.2) is 67.8 Å². The first kappa shape index (κ1) is 24.4. The fraction of sp³-hybridized carbons (Fsp3) is 0.333. The number of benzene rings is 3. The maximum Gasteiger partial charge on any atom is 0.416 e. The molecule has 1 N–H and O–H groups in total. The third-order valence-electron chi connectivity index (χ3n) is 7.73. The van der Waals surface area contributed by atoms with Crippen molar-refractivity contribution in [3.8, 4) is 0 Å². The Hall–Kier alpha value is -3.28. The molecular weight excluding hydrogens is 464 g/mol. The molecule has 0 bridgehead atoms. The second kappa shape index (κ2) is 9.64. The Bertz CT molecular complexity index is 1310. The van der Waals surface area contributed by atoms with Gasteiger partial charge in [0.1, 0.15) is 5.82 Å². The number of likely N-dealkylation sites (tertiary alicyclic amines) is 1. The second-order valence-corrected chi connectivity index (χ2v) is 9.90. The Balaban J connectivity index is 1.44. The number of halogens is 4. The zero-order chi connectivity index (χ0) is 25.4. The van der Waals surface area contributed by atoms with E-state index in [1.54, 1.807) is 0 Å². The number of hydrogen-bond acceptors (Lipinski definition) is 2. The second-order valence-electron chi connectivity index (χ2n) is 9.90. The summed E-state index contributed by atoms with van der Waals surface area (Å²) in [5.74, 6) is -0.234. The number of fused-ring (bicyclic) bond motifs is 2. The van der Waals surface area contributed by atoms with Crippen LogP contribution < -0.4 is 5.32 Å². The molecule has 1 aliphatic heterocycles. The Kier molecular flexibility index (Phi) is 6.54. The lowest BCUT2D eigenvalue weighted by Gasteiger charge is -2.46. The molecular formula is C30H30F4N2. The molecule has 1 saturated carbocycles. The Labute approximate surface area is 209 Å². The lowest BCUT2D eigenvalue weighted by atomic mass is 9.78. The van der Waals surface area contributed by atoms with Gasteiger partial charge in [-0.15, -0.1) is 0 Å². The highest BCUT2D eigenvalue weighted by atomic mass is 19.4. The van der Waals surface area contributed by atoms with Gasteiger partial charge in [-0.25, -0.2) is 4.39 Å². The molecule has 2 atom stereocenters. The summed E-state index contributed by atoms with van der Waals surface area (Å²) < 4.78 is 53.3. The van der Waals surface area contributed by atoms with E-state index >= 15 is 0 Å². The summed E-state index contributed by atoms with van der Waals surface area (Å²) in [6.07, 6.45) is 2.94. The molecule has 0 radical (unpaired) electrons. The average molecular weight is 495 g/mol. The summed E-state index contributed by atoms with van der Waals surface area (Å²) in [6, 6.07) is 14.9. The largest absolute Gasteiger partial charge is 0.416 e. The van der Waals surface area contributed by atoms with E-state index < -0.39 is 17.6 Å². The van der Waals surface area contributed by atoms with Crippen molar-refractivity contribution < 1.29 is 17.6 Å². The summed E-state index contributed by atoms with van der Waals surface area (Å²) in [5, 5.41) is 5.07. The van der Waals surface area contributed by atoms with Crippen LogP contribution in [0.5, 0.6) is 0 Å². The highest BCUT2D eigenvalue weighted by Crippen LogP contribution is 2.41. The number of piperidine rings is 1. The molecule has 3 aromatic rings. The van der Waals surface area contributed by atoms with Crippen molar-refractivity contribution >= 4 is 27.9 Å². The Morgan fingerprint density at radius 2 is 1.56 bits per heavy atom. The number of nitrogens with one attached hydrogen (secondary N) is 1. The van der Waals surface area contributed by atoms with Gasteiger partial charge in [0.2, 0.25) is 0 Å². The van der Waals surface area contributed by atoms with Crippen molar-refractivity contribution in [3.63, 3.8) is 0 Å². The monoisotopic (exact) mass is 494 g/mol. The number of hydrogen-bond donors (Lipinski definition) is 1. The molecule has 0 amide bonds. The van der Waals surface area contributed by atoms with Crippen molar-refractivity contribution in [3.05, 3.63) is 90.3 Å². The van der Waals surface area contributed by atoms with E-state index in [1.165, 1.54) is 38.5 Å². The first-order chi connectivity index (χ1) is 17.2. The highest BCUT2D eigenvalue weighted by molar-refractivity contribution is 6.02. The van der Waals surface area contributed by atoms with Gasteiger partial charge in [0, 0.05) is 46.2 Å². The Morgan fingerprint density at radius 3 is 2.31 bits per heavy atom. The molecule has 2 unspecified atom stereocenters. The predicted octanol–water partition coefficient (Wildman–Crippen LogP) is 8.71. The van der Waals surface area contributed by atoms with E-state index in [0.717, 1.165) is 46.6 Å². The van der Waals surface area contributed by atoms with Crippen LogP contribution in [-0.2, 0) is 6.18 Å². The predicted molar refractivity (Wildman–Crippen MR) is 139 cm³/mol. The molecule has 3 aromatic carbocycles. The molecule has 188 valence electrons. The number of rotatable bonds is 5. The molecule has 2 nitrogen and oxygen atoms in total. The van der Waals surface area contributed by atoms with E-state index in [1.807, 2.05) is 36.4 Å². The van der Waals surface area contributed by atoms with E-state index in [0.29, 0.717) is 17.8 Å². The van der Waals surface area contributed by atoms with Crippen LogP contribution >= 0.6 is 0 Å². The van der Waals surface area contributed by atoms with Gasteiger partial charge >= 0.3 is 6.18 Å². The zero-order valence-corrected chi connectivity index (χ0v) is 20.2. The van der Waals surface area contributed by atoms with Crippen LogP contribution in [0.1, 0.15) is 55.2 Å². The minimum atomic E-state index is -4.60. The van der Waals surface area contributed by atoms with Gasteiger partial charge in [0.15, 0.2) is 0 Å². The maximum atomic E-state index is 14.5.